The molecule has 2 unspecified atom stereocenters. The number of halogens is 1. The lowest BCUT2D eigenvalue weighted by Crippen LogP contribution is -2.56. The molecule has 0 heterocycles. The topological polar surface area (TPSA) is 29.3 Å². The molecule has 1 aromatic rings. The van der Waals surface area contributed by atoms with Gasteiger partial charge < -0.3 is 10.6 Å². The van der Waals surface area contributed by atoms with E-state index in [9.17, 15) is 4.39 Å². The SMILES string of the molecule is CCN(c1ccc(F)cc1)C1(CN)CC(C)(C)CC1C. The fourth-order valence-corrected chi connectivity index (χ4v) is 4.21. The molecular weight excluding hydrogens is 251 g/mol. The van der Waals surface area contributed by atoms with Gasteiger partial charge in [0.2, 0.25) is 0 Å². The molecule has 0 radical (unpaired) electrons. The van der Waals surface area contributed by atoms with Crippen molar-refractivity contribution in [2.45, 2.75) is 46.1 Å². The first-order valence-corrected chi connectivity index (χ1v) is 7.58. The summed E-state index contributed by atoms with van der Waals surface area (Å²) in [7, 11) is 0. The van der Waals surface area contributed by atoms with E-state index < -0.39 is 0 Å². The van der Waals surface area contributed by atoms with Crippen LogP contribution in [-0.4, -0.2) is 18.6 Å². The summed E-state index contributed by atoms with van der Waals surface area (Å²) in [5.74, 6) is 0.346. The van der Waals surface area contributed by atoms with Crippen molar-refractivity contribution in [3.8, 4) is 0 Å². The van der Waals surface area contributed by atoms with Crippen molar-refractivity contribution < 1.29 is 4.39 Å². The molecule has 0 spiro atoms. The summed E-state index contributed by atoms with van der Waals surface area (Å²) in [6, 6.07) is 6.81. The fourth-order valence-electron chi connectivity index (χ4n) is 4.21. The molecule has 1 aliphatic rings. The average Bonchev–Trinajstić information content (AvgIpc) is 2.63. The Labute approximate surface area is 122 Å². The molecule has 2 N–H and O–H groups in total. The monoisotopic (exact) mass is 278 g/mol. The molecular formula is C17H27FN2. The van der Waals surface area contributed by atoms with E-state index in [0.29, 0.717) is 17.9 Å². The third-order valence-corrected chi connectivity index (χ3v) is 4.91. The summed E-state index contributed by atoms with van der Waals surface area (Å²) in [4.78, 5) is 2.38. The third-order valence-electron chi connectivity index (χ3n) is 4.91. The molecule has 2 nitrogen and oxygen atoms in total. The van der Waals surface area contributed by atoms with Crippen LogP contribution in [0, 0.1) is 17.2 Å². The van der Waals surface area contributed by atoms with Gasteiger partial charge in [0.25, 0.3) is 0 Å². The van der Waals surface area contributed by atoms with Gasteiger partial charge in [-0.3, -0.25) is 0 Å². The third kappa shape index (κ3) is 2.56. The molecule has 0 aromatic heterocycles. The first-order chi connectivity index (χ1) is 9.34. The van der Waals surface area contributed by atoms with Gasteiger partial charge in [0.1, 0.15) is 5.82 Å². The van der Waals surface area contributed by atoms with Gasteiger partial charge >= 0.3 is 0 Å². The number of hydrogen-bond acceptors (Lipinski definition) is 2. The van der Waals surface area contributed by atoms with Gasteiger partial charge in [-0.1, -0.05) is 20.8 Å². The van der Waals surface area contributed by atoms with Crippen LogP contribution in [0.1, 0.15) is 40.5 Å². The highest BCUT2D eigenvalue weighted by atomic mass is 19.1. The number of nitrogens with two attached hydrogens (primary N) is 1. The van der Waals surface area contributed by atoms with Crippen molar-refractivity contribution in [2.24, 2.45) is 17.1 Å². The van der Waals surface area contributed by atoms with Crippen LogP contribution in [0.5, 0.6) is 0 Å². The molecule has 0 saturated heterocycles. The van der Waals surface area contributed by atoms with Crippen LogP contribution >= 0.6 is 0 Å². The zero-order valence-electron chi connectivity index (χ0n) is 13.1. The summed E-state index contributed by atoms with van der Waals surface area (Å²) in [5.41, 5.74) is 7.58. The summed E-state index contributed by atoms with van der Waals surface area (Å²) in [6.07, 6.45) is 2.27. The highest BCUT2D eigenvalue weighted by Gasteiger charge is 2.50. The van der Waals surface area contributed by atoms with E-state index >= 15 is 0 Å². The zero-order chi connectivity index (χ0) is 15.0. The number of likely N-dealkylation sites (N-methyl/N-ethyl adjacent to an activating group) is 1. The Morgan fingerprint density at radius 1 is 1.30 bits per heavy atom. The summed E-state index contributed by atoms with van der Waals surface area (Å²) in [6.45, 7) is 10.6. The van der Waals surface area contributed by atoms with E-state index in [-0.39, 0.29) is 11.4 Å². The van der Waals surface area contributed by atoms with Crippen LogP contribution < -0.4 is 10.6 Å². The van der Waals surface area contributed by atoms with E-state index in [1.54, 1.807) is 0 Å². The highest BCUT2D eigenvalue weighted by molar-refractivity contribution is 5.50. The van der Waals surface area contributed by atoms with Crippen LogP contribution in [0.15, 0.2) is 24.3 Å². The summed E-state index contributed by atoms with van der Waals surface area (Å²) >= 11 is 0. The van der Waals surface area contributed by atoms with Crippen LogP contribution in [0.3, 0.4) is 0 Å². The molecule has 2 atom stereocenters. The van der Waals surface area contributed by atoms with E-state index in [1.807, 2.05) is 12.1 Å². The average molecular weight is 278 g/mol. The molecule has 112 valence electrons. The zero-order valence-corrected chi connectivity index (χ0v) is 13.1. The lowest BCUT2D eigenvalue weighted by molar-refractivity contribution is 0.306. The first-order valence-electron chi connectivity index (χ1n) is 7.58. The maximum atomic E-state index is 13.2. The first kappa shape index (κ1) is 15.3. The Bertz CT molecular complexity index is 455. The molecule has 2 rings (SSSR count). The van der Waals surface area contributed by atoms with E-state index in [1.165, 1.54) is 18.6 Å². The van der Waals surface area contributed by atoms with E-state index in [2.05, 4.69) is 32.6 Å². The van der Waals surface area contributed by atoms with Crippen molar-refractivity contribution in [1.82, 2.24) is 0 Å². The summed E-state index contributed by atoms with van der Waals surface area (Å²) in [5, 5.41) is 0. The Balaban J connectivity index is 2.40. The lowest BCUT2D eigenvalue weighted by Gasteiger charge is -2.45. The minimum atomic E-state index is -0.189. The predicted octanol–water partition coefficient (Wildman–Crippen LogP) is 3.81. The van der Waals surface area contributed by atoms with Crippen molar-refractivity contribution in [3.05, 3.63) is 30.1 Å². The fraction of sp³-hybridized carbons (Fsp3) is 0.647. The molecule has 0 bridgehead atoms. The predicted molar refractivity (Wildman–Crippen MR) is 83.4 cm³/mol. The second kappa shape index (κ2) is 5.36. The molecule has 1 aliphatic carbocycles. The van der Waals surface area contributed by atoms with E-state index in [4.69, 9.17) is 5.73 Å². The second-order valence-corrected chi connectivity index (χ2v) is 6.97. The Hall–Kier alpha value is -1.09. The molecule has 0 amide bonds. The van der Waals surface area contributed by atoms with Crippen LogP contribution in [0.4, 0.5) is 10.1 Å². The smallest absolute Gasteiger partial charge is 0.123 e. The van der Waals surface area contributed by atoms with Gasteiger partial charge in [0, 0.05) is 18.8 Å². The van der Waals surface area contributed by atoms with E-state index in [0.717, 1.165) is 18.7 Å². The van der Waals surface area contributed by atoms with Crippen LogP contribution in [0.2, 0.25) is 0 Å². The lowest BCUT2D eigenvalue weighted by atomic mass is 9.84. The van der Waals surface area contributed by atoms with Crippen molar-refractivity contribution >= 4 is 5.69 Å². The number of rotatable bonds is 4. The minimum Gasteiger partial charge on any atom is -0.365 e. The molecule has 0 aliphatic heterocycles. The van der Waals surface area contributed by atoms with Crippen LogP contribution in [0.25, 0.3) is 0 Å². The van der Waals surface area contributed by atoms with Gasteiger partial charge in [-0.25, -0.2) is 4.39 Å². The van der Waals surface area contributed by atoms with Gasteiger partial charge in [0.15, 0.2) is 0 Å². The minimum absolute atomic E-state index is 0.0178. The van der Waals surface area contributed by atoms with Gasteiger partial charge in [-0.2, -0.15) is 0 Å². The maximum absolute atomic E-state index is 13.2. The number of benzene rings is 1. The number of anilines is 1. The largest absolute Gasteiger partial charge is 0.365 e. The number of nitrogens with zero attached hydrogens (tertiary/aromatic N) is 1. The summed E-state index contributed by atoms with van der Waals surface area (Å²) < 4.78 is 13.2. The number of hydrogen-bond donors (Lipinski definition) is 1. The van der Waals surface area contributed by atoms with Gasteiger partial charge in [-0.05, 0) is 55.4 Å². The van der Waals surface area contributed by atoms with Gasteiger partial charge in [-0.15, -0.1) is 0 Å². The van der Waals surface area contributed by atoms with Gasteiger partial charge in [0.05, 0.1) is 5.54 Å². The van der Waals surface area contributed by atoms with Crippen LogP contribution in [-0.2, 0) is 0 Å². The Kier molecular flexibility index (Phi) is 4.10. The quantitative estimate of drug-likeness (QED) is 0.907. The molecule has 1 aromatic carbocycles. The molecule has 1 saturated carbocycles. The van der Waals surface area contributed by atoms with Crippen molar-refractivity contribution in [2.75, 3.05) is 18.0 Å². The highest BCUT2D eigenvalue weighted by Crippen LogP contribution is 2.50. The molecule has 1 fully saturated rings. The normalized spacial score (nSPS) is 28.6. The standard InChI is InChI=1S/C17H27FN2/c1-5-20(15-8-6-14(18)7-9-15)17(12-19)11-16(3,4)10-13(17)2/h6-9,13H,5,10-12,19H2,1-4H3. The Morgan fingerprint density at radius 3 is 2.30 bits per heavy atom. The van der Waals surface area contributed by atoms with Crippen molar-refractivity contribution in [1.29, 1.82) is 0 Å². The maximum Gasteiger partial charge on any atom is 0.123 e. The van der Waals surface area contributed by atoms with Crippen molar-refractivity contribution in [3.63, 3.8) is 0 Å². The molecule has 3 heteroatoms. The molecule has 20 heavy (non-hydrogen) atoms. The Morgan fingerprint density at radius 2 is 1.90 bits per heavy atom. The second-order valence-electron chi connectivity index (χ2n) is 6.97.